The number of ether oxygens (including phenoxy) is 2. The second-order valence-electron chi connectivity index (χ2n) is 8.80. The van der Waals surface area contributed by atoms with Gasteiger partial charge in [0.05, 0.1) is 13.2 Å². The van der Waals surface area contributed by atoms with Crippen LogP contribution in [0.3, 0.4) is 0 Å². The Morgan fingerprint density at radius 1 is 1.17 bits per heavy atom. The standard InChI is InChI=1S/C23H33N3O4/c1-15(2)13-18(24-22(28)30-23(4,5)6)20-25-19(21(27)29-7)16(3)26(20)14-17-11-9-8-10-12-17/h8-12,15,18H,13-14H2,1-7H3,(H,24,28). The van der Waals surface area contributed by atoms with E-state index in [0.29, 0.717) is 24.5 Å². The molecule has 2 aromatic rings. The Bertz CT molecular complexity index is 867. The van der Waals surface area contributed by atoms with Gasteiger partial charge >= 0.3 is 12.1 Å². The number of methoxy groups -OCH3 is 1. The number of hydrogen-bond acceptors (Lipinski definition) is 5. The molecule has 0 bridgehead atoms. The van der Waals surface area contributed by atoms with Gasteiger partial charge in [0.25, 0.3) is 0 Å². The fourth-order valence-corrected chi connectivity index (χ4v) is 3.23. The molecule has 164 valence electrons. The highest BCUT2D eigenvalue weighted by Crippen LogP contribution is 2.26. The number of aromatic nitrogens is 2. The Balaban J connectivity index is 2.48. The van der Waals surface area contributed by atoms with E-state index in [1.165, 1.54) is 7.11 Å². The van der Waals surface area contributed by atoms with Gasteiger partial charge < -0.3 is 19.4 Å². The molecule has 1 amide bonds. The van der Waals surface area contributed by atoms with Crippen molar-refractivity contribution in [3.05, 3.63) is 53.1 Å². The molecule has 0 aliphatic heterocycles. The minimum absolute atomic E-state index is 0.253. The van der Waals surface area contributed by atoms with Crippen LogP contribution in [0.5, 0.6) is 0 Å². The largest absolute Gasteiger partial charge is 0.464 e. The van der Waals surface area contributed by atoms with Gasteiger partial charge in [-0.2, -0.15) is 0 Å². The molecule has 1 aromatic heterocycles. The van der Waals surface area contributed by atoms with Gasteiger partial charge in [0.15, 0.2) is 5.69 Å². The molecule has 1 N–H and O–H groups in total. The summed E-state index contributed by atoms with van der Waals surface area (Å²) in [6, 6.07) is 9.50. The van der Waals surface area contributed by atoms with Crippen molar-refractivity contribution in [1.29, 1.82) is 0 Å². The van der Waals surface area contributed by atoms with Crippen LogP contribution in [0.4, 0.5) is 4.79 Å². The normalized spacial score (nSPS) is 12.5. The van der Waals surface area contributed by atoms with Crippen LogP contribution in [0.1, 0.15) is 74.7 Å². The second kappa shape index (κ2) is 9.78. The molecule has 1 heterocycles. The lowest BCUT2D eigenvalue weighted by Crippen LogP contribution is -2.36. The number of imidazole rings is 1. The average Bonchev–Trinajstić information content (AvgIpc) is 2.96. The molecule has 0 aliphatic rings. The predicted molar refractivity (Wildman–Crippen MR) is 115 cm³/mol. The number of hydrogen-bond donors (Lipinski definition) is 1. The first kappa shape index (κ1) is 23.4. The third-order valence-electron chi connectivity index (χ3n) is 4.52. The number of benzene rings is 1. The summed E-state index contributed by atoms with van der Waals surface area (Å²) in [5.74, 6) is 0.395. The van der Waals surface area contributed by atoms with Gasteiger partial charge in [-0.15, -0.1) is 0 Å². The number of nitrogens with zero attached hydrogens (tertiary/aromatic N) is 2. The molecule has 0 fully saturated rings. The van der Waals surface area contributed by atoms with Gasteiger partial charge in [0, 0.05) is 12.2 Å². The van der Waals surface area contributed by atoms with E-state index in [0.717, 1.165) is 5.56 Å². The molecule has 2 rings (SSSR count). The molecule has 0 saturated carbocycles. The van der Waals surface area contributed by atoms with Crippen molar-refractivity contribution in [3.8, 4) is 0 Å². The van der Waals surface area contributed by atoms with Crippen molar-refractivity contribution >= 4 is 12.1 Å². The maximum atomic E-state index is 12.5. The van der Waals surface area contributed by atoms with Crippen LogP contribution >= 0.6 is 0 Å². The number of nitrogens with one attached hydrogen (secondary N) is 1. The number of rotatable bonds is 7. The Labute approximate surface area is 178 Å². The summed E-state index contributed by atoms with van der Waals surface area (Å²) in [6.45, 7) is 12.0. The zero-order chi connectivity index (χ0) is 22.5. The van der Waals surface area contributed by atoms with E-state index < -0.39 is 23.7 Å². The lowest BCUT2D eigenvalue weighted by molar-refractivity contribution is 0.0494. The number of alkyl carbamates (subject to hydrolysis) is 1. The van der Waals surface area contributed by atoms with Crippen molar-refractivity contribution in [1.82, 2.24) is 14.9 Å². The van der Waals surface area contributed by atoms with Gasteiger partial charge in [-0.3, -0.25) is 0 Å². The maximum absolute atomic E-state index is 12.5. The molecular weight excluding hydrogens is 382 g/mol. The van der Waals surface area contributed by atoms with Crippen LogP contribution in [0, 0.1) is 12.8 Å². The Morgan fingerprint density at radius 3 is 2.33 bits per heavy atom. The third-order valence-corrected chi connectivity index (χ3v) is 4.52. The van der Waals surface area contributed by atoms with Gasteiger partial charge in [0.1, 0.15) is 11.4 Å². The highest BCUT2D eigenvalue weighted by Gasteiger charge is 2.28. The van der Waals surface area contributed by atoms with Crippen molar-refractivity contribution in [3.63, 3.8) is 0 Å². The smallest absolute Gasteiger partial charge is 0.408 e. The van der Waals surface area contributed by atoms with Gasteiger partial charge in [0.2, 0.25) is 0 Å². The molecule has 30 heavy (non-hydrogen) atoms. The highest BCUT2D eigenvalue weighted by atomic mass is 16.6. The average molecular weight is 416 g/mol. The number of esters is 1. The summed E-state index contributed by atoms with van der Waals surface area (Å²) in [5, 5.41) is 2.95. The Hall–Kier alpha value is -2.83. The minimum atomic E-state index is -0.612. The number of carbonyl (C=O) groups is 2. The molecule has 0 radical (unpaired) electrons. The lowest BCUT2D eigenvalue weighted by atomic mass is 10.0. The van der Waals surface area contributed by atoms with Crippen LogP contribution in [0.15, 0.2) is 30.3 Å². The van der Waals surface area contributed by atoms with Crippen molar-refractivity contribution in [2.45, 2.75) is 66.2 Å². The van der Waals surface area contributed by atoms with Crippen LogP contribution in [-0.2, 0) is 16.0 Å². The summed E-state index contributed by atoms with van der Waals surface area (Å²) >= 11 is 0. The molecule has 0 saturated heterocycles. The monoisotopic (exact) mass is 415 g/mol. The molecule has 7 heteroatoms. The van der Waals surface area contributed by atoms with E-state index in [1.807, 2.05) is 62.6 Å². The quantitative estimate of drug-likeness (QED) is 0.666. The second-order valence-corrected chi connectivity index (χ2v) is 8.80. The van der Waals surface area contributed by atoms with E-state index in [2.05, 4.69) is 24.1 Å². The number of carbonyl (C=O) groups excluding carboxylic acids is 2. The van der Waals surface area contributed by atoms with Gasteiger partial charge in [-0.25, -0.2) is 14.6 Å². The maximum Gasteiger partial charge on any atom is 0.408 e. The van der Waals surface area contributed by atoms with Crippen molar-refractivity contribution in [2.24, 2.45) is 5.92 Å². The van der Waals surface area contributed by atoms with Crippen molar-refractivity contribution in [2.75, 3.05) is 7.11 Å². The van der Waals surface area contributed by atoms with Gasteiger partial charge in [-0.05, 0) is 45.6 Å². The van der Waals surface area contributed by atoms with Crippen LogP contribution in [0.25, 0.3) is 0 Å². The molecular formula is C23H33N3O4. The lowest BCUT2D eigenvalue weighted by Gasteiger charge is -2.25. The summed E-state index contributed by atoms with van der Waals surface area (Å²) in [7, 11) is 1.34. The SMILES string of the molecule is COC(=O)c1nc(C(CC(C)C)NC(=O)OC(C)(C)C)n(Cc2ccccc2)c1C. The van der Waals surface area contributed by atoms with Crippen LogP contribution < -0.4 is 5.32 Å². The summed E-state index contributed by atoms with van der Waals surface area (Å²) in [6.07, 6.45) is 0.130. The summed E-state index contributed by atoms with van der Waals surface area (Å²) < 4.78 is 12.3. The zero-order valence-electron chi connectivity index (χ0n) is 19.0. The fourth-order valence-electron chi connectivity index (χ4n) is 3.23. The Kier molecular flexibility index (Phi) is 7.65. The molecule has 1 unspecified atom stereocenters. The first-order chi connectivity index (χ1) is 14.0. The molecule has 0 spiro atoms. The van der Waals surface area contributed by atoms with E-state index in [4.69, 9.17) is 9.47 Å². The molecule has 7 nitrogen and oxygen atoms in total. The van der Waals surface area contributed by atoms with Crippen molar-refractivity contribution < 1.29 is 19.1 Å². The Morgan fingerprint density at radius 2 is 1.80 bits per heavy atom. The van der Waals surface area contributed by atoms with E-state index in [-0.39, 0.29) is 11.6 Å². The minimum Gasteiger partial charge on any atom is -0.464 e. The zero-order valence-corrected chi connectivity index (χ0v) is 19.0. The van der Waals surface area contributed by atoms with Crippen LogP contribution in [-0.4, -0.2) is 34.3 Å². The van der Waals surface area contributed by atoms with E-state index >= 15 is 0 Å². The molecule has 1 aromatic carbocycles. The predicted octanol–water partition coefficient (Wildman–Crippen LogP) is 4.64. The fraction of sp³-hybridized carbons (Fsp3) is 0.522. The van der Waals surface area contributed by atoms with E-state index in [1.54, 1.807) is 0 Å². The van der Waals surface area contributed by atoms with Gasteiger partial charge in [-0.1, -0.05) is 44.2 Å². The van der Waals surface area contributed by atoms with E-state index in [9.17, 15) is 9.59 Å². The molecule has 0 aliphatic carbocycles. The molecule has 1 atom stereocenters. The van der Waals surface area contributed by atoms with Crippen LogP contribution in [0.2, 0.25) is 0 Å². The first-order valence-corrected chi connectivity index (χ1v) is 10.2. The summed E-state index contributed by atoms with van der Waals surface area (Å²) in [4.78, 5) is 29.4. The topological polar surface area (TPSA) is 82.4 Å². The number of amides is 1. The highest BCUT2D eigenvalue weighted by molar-refractivity contribution is 5.88. The first-order valence-electron chi connectivity index (χ1n) is 10.2. The third kappa shape index (κ3) is 6.34. The summed E-state index contributed by atoms with van der Waals surface area (Å²) in [5.41, 5.74) is 1.40.